The van der Waals surface area contributed by atoms with Crippen molar-refractivity contribution in [2.75, 3.05) is 38.5 Å². The van der Waals surface area contributed by atoms with Crippen LogP contribution in [0.25, 0.3) is 32.9 Å². The lowest BCUT2D eigenvalue weighted by Crippen LogP contribution is -2.46. The van der Waals surface area contributed by atoms with Crippen LogP contribution in [0.5, 0.6) is 11.8 Å². The molecule has 242 valence electrons. The topological polar surface area (TPSA) is 107 Å². The molecule has 2 aromatic heterocycles. The molecule has 1 aliphatic heterocycles. The average molecular weight is 633 g/mol. The first kappa shape index (κ1) is 30.7. The number of methoxy groups -OCH3 is 1. The summed E-state index contributed by atoms with van der Waals surface area (Å²) in [4.78, 5) is 28.1. The summed E-state index contributed by atoms with van der Waals surface area (Å²) in [7, 11) is 1.51. The Morgan fingerprint density at radius 3 is 2.57 bits per heavy atom. The summed E-state index contributed by atoms with van der Waals surface area (Å²) < 4.78 is 49.4. The lowest BCUT2D eigenvalue weighted by Gasteiger charge is -2.38. The largest absolute Gasteiger partial charge is 0.468 e. The Morgan fingerprint density at radius 2 is 1.89 bits per heavy atom. The second-order valence-corrected chi connectivity index (χ2v) is 13.3. The SMILES string of the molecule is CCc1c(F)ccc2cc(OCOC)cc(-c3nc(C4CC4)c4c(N5CCC[C@@](C)(O)C5)nc(OCC5(C=O)CC5)nc4c3F)c12. The first-order valence-corrected chi connectivity index (χ1v) is 16.0. The normalized spacial score (nSPS) is 20.7. The fourth-order valence-corrected chi connectivity index (χ4v) is 6.58. The van der Waals surface area contributed by atoms with Crippen molar-refractivity contribution in [3.8, 4) is 23.0 Å². The van der Waals surface area contributed by atoms with Crippen molar-refractivity contribution in [2.24, 2.45) is 5.41 Å². The number of β-amino-alcohol motifs (C(OH)–C–C–N with tert-alkyl or cyclic N) is 1. The zero-order chi connectivity index (χ0) is 32.2. The zero-order valence-electron chi connectivity index (χ0n) is 26.4. The minimum atomic E-state index is -0.958. The summed E-state index contributed by atoms with van der Waals surface area (Å²) in [5.74, 6) is -0.124. The van der Waals surface area contributed by atoms with Crippen LogP contribution < -0.4 is 14.4 Å². The van der Waals surface area contributed by atoms with Crippen LogP contribution in [0.1, 0.15) is 69.5 Å². The molecule has 1 saturated heterocycles. The highest BCUT2D eigenvalue weighted by Gasteiger charge is 2.44. The van der Waals surface area contributed by atoms with Gasteiger partial charge in [0.05, 0.1) is 22.1 Å². The monoisotopic (exact) mass is 632 g/mol. The van der Waals surface area contributed by atoms with E-state index in [4.69, 9.17) is 24.2 Å². The molecular formula is C35H38F2N4O5. The van der Waals surface area contributed by atoms with Gasteiger partial charge in [0.2, 0.25) is 0 Å². The quantitative estimate of drug-likeness (QED) is 0.152. The molecule has 0 amide bonds. The van der Waals surface area contributed by atoms with Crippen molar-refractivity contribution in [3.05, 3.63) is 47.2 Å². The van der Waals surface area contributed by atoms with E-state index < -0.39 is 16.8 Å². The van der Waals surface area contributed by atoms with Crippen LogP contribution in [0.4, 0.5) is 14.6 Å². The zero-order valence-corrected chi connectivity index (χ0v) is 26.4. The molecule has 3 aliphatic rings. The molecule has 0 spiro atoms. The molecule has 11 heteroatoms. The molecule has 2 aromatic carbocycles. The number of halogens is 2. The van der Waals surface area contributed by atoms with E-state index in [1.54, 1.807) is 25.1 Å². The van der Waals surface area contributed by atoms with E-state index in [-0.39, 0.29) is 42.4 Å². The first-order valence-electron chi connectivity index (χ1n) is 16.0. The third kappa shape index (κ3) is 5.64. The standard InChI is InChI=1S/C35H38F2N4O5/c1-4-23-25(36)9-8-21-14-22(46-19-44-3)15-24(26(21)23)30-28(37)31-27(29(38-30)20-6-7-20)32(41-13-5-10-34(2,43)16-41)40-33(39-31)45-18-35(17-42)11-12-35/h8-9,14-15,17,20,43H,4-7,10-13,16,18-19H2,1-3H3/t34-/m1/s1. The number of carbonyl (C=O) groups is 1. The Kier molecular flexibility index (Phi) is 7.79. The number of aliphatic hydroxyl groups is 1. The van der Waals surface area contributed by atoms with Crippen molar-refractivity contribution >= 4 is 33.8 Å². The molecule has 0 unspecified atom stereocenters. The minimum absolute atomic E-state index is 0.0209. The fourth-order valence-electron chi connectivity index (χ4n) is 6.58. The number of aldehydes is 1. The fraction of sp³-hybridized carbons (Fsp3) is 0.486. The molecule has 0 radical (unpaired) electrons. The van der Waals surface area contributed by atoms with Gasteiger partial charge in [-0.15, -0.1) is 0 Å². The van der Waals surface area contributed by atoms with E-state index in [2.05, 4.69) is 4.98 Å². The predicted octanol–water partition coefficient (Wildman–Crippen LogP) is 6.25. The van der Waals surface area contributed by atoms with Gasteiger partial charge in [-0.3, -0.25) is 0 Å². The maximum atomic E-state index is 17.2. The lowest BCUT2D eigenvalue weighted by molar-refractivity contribution is -0.113. The van der Waals surface area contributed by atoms with Gasteiger partial charge in [-0.05, 0) is 86.4 Å². The number of anilines is 1. The van der Waals surface area contributed by atoms with Crippen LogP contribution in [0, 0.1) is 17.0 Å². The van der Waals surface area contributed by atoms with E-state index in [0.717, 1.165) is 25.5 Å². The molecule has 3 heterocycles. The van der Waals surface area contributed by atoms with Crippen molar-refractivity contribution in [1.29, 1.82) is 0 Å². The molecule has 0 bridgehead atoms. The van der Waals surface area contributed by atoms with Crippen LogP contribution in [-0.2, 0) is 16.0 Å². The minimum Gasteiger partial charge on any atom is -0.468 e. The predicted molar refractivity (Wildman–Crippen MR) is 169 cm³/mol. The lowest BCUT2D eigenvalue weighted by atomic mass is 9.93. The molecule has 2 saturated carbocycles. The highest BCUT2D eigenvalue weighted by Crippen LogP contribution is 2.48. The summed E-state index contributed by atoms with van der Waals surface area (Å²) in [5, 5.41) is 12.7. The number of benzene rings is 2. The van der Waals surface area contributed by atoms with Gasteiger partial charge in [-0.25, -0.2) is 13.8 Å². The number of hydrogen-bond donors (Lipinski definition) is 1. The molecule has 2 aliphatic carbocycles. The number of fused-ring (bicyclic) bond motifs is 2. The molecule has 7 rings (SSSR count). The second-order valence-electron chi connectivity index (χ2n) is 13.3. The number of aryl methyl sites for hydroxylation is 1. The van der Waals surface area contributed by atoms with Gasteiger partial charge in [-0.2, -0.15) is 9.97 Å². The van der Waals surface area contributed by atoms with Gasteiger partial charge in [0.1, 0.15) is 41.5 Å². The number of rotatable bonds is 11. The Hall–Kier alpha value is -3.96. The molecule has 9 nitrogen and oxygen atoms in total. The molecule has 46 heavy (non-hydrogen) atoms. The van der Waals surface area contributed by atoms with E-state index in [9.17, 15) is 9.90 Å². The molecule has 1 N–H and O–H groups in total. The van der Waals surface area contributed by atoms with Crippen LogP contribution in [0.3, 0.4) is 0 Å². The third-order valence-corrected chi connectivity index (χ3v) is 9.44. The number of pyridine rings is 1. The summed E-state index contributed by atoms with van der Waals surface area (Å²) in [6.07, 6.45) is 5.82. The van der Waals surface area contributed by atoms with E-state index in [1.165, 1.54) is 13.2 Å². The number of ether oxygens (including phenoxy) is 3. The molecule has 3 fully saturated rings. The van der Waals surface area contributed by atoms with E-state index >= 15 is 8.78 Å². The van der Waals surface area contributed by atoms with Gasteiger partial charge in [0, 0.05) is 31.7 Å². The maximum Gasteiger partial charge on any atom is 0.319 e. The average Bonchev–Trinajstić information content (AvgIpc) is 3.98. The maximum absolute atomic E-state index is 17.2. The van der Waals surface area contributed by atoms with Crippen molar-refractivity contribution in [1.82, 2.24) is 15.0 Å². The van der Waals surface area contributed by atoms with E-state index in [0.29, 0.717) is 83.3 Å². The van der Waals surface area contributed by atoms with Crippen LogP contribution >= 0.6 is 0 Å². The number of aromatic nitrogens is 3. The summed E-state index contributed by atoms with van der Waals surface area (Å²) in [6.45, 7) is 4.63. The van der Waals surface area contributed by atoms with Crippen molar-refractivity contribution in [3.63, 3.8) is 0 Å². The summed E-state index contributed by atoms with van der Waals surface area (Å²) in [5.41, 5.74) is 0.0513. The third-order valence-electron chi connectivity index (χ3n) is 9.44. The Morgan fingerprint density at radius 1 is 1.09 bits per heavy atom. The summed E-state index contributed by atoms with van der Waals surface area (Å²) in [6, 6.07) is 6.49. The first-order chi connectivity index (χ1) is 22.2. The molecule has 4 aromatic rings. The molecular weight excluding hydrogens is 594 g/mol. The van der Waals surface area contributed by atoms with Crippen molar-refractivity contribution < 1.29 is 32.9 Å². The van der Waals surface area contributed by atoms with Gasteiger partial charge in [0.15, 0.2) is 12.6 Å². The van der Waals surface area contributed by atoms with Gasteiger partial charge in [-0.1, -0.05) is 13.0 Å². The van der Waals surface area contributed by atoms with E-state index in [1.807, 2.05) is 11.8 Å². The van der Waals surface area contributed by atoms with Crippen LogP contribution in [-0.4, -0.2) is 65.5 Å². The van der Waals surface area contributed by atoms with Crippen molar-refractivity contribution in [2.45, 2.75) is 70.3 Å². The number of piperidine rings is 1. The Bertz CT molecular complexity index is 1840. The molecule has 1 atom stereocenters. The smallest absolute Gasteiger partial charge is 0.319 e. The van der Waals surface area contributed by atoms with Crippen LogP contribution in [0.15, 0.2) is 24.3 Å². The van der Waals surface area contributed by atoms with Crippen LogP contribution in [0.2, 0.25) is 0 Å². The number of hydrogen-bond acceptors (Lipinski definition) is 9. The highest BCUT2D eigenvalue weighted by molar-refractivity contribution is 6.02. The highest BCUT2D eigenvalue weighted by atomic mass is 19.1. The van der Waals surface area contributed by atoms with Gasteiger partial charge in [0.25, 0.3) is 0 Å². The number of nitrogens with zero attached hydrogens (tertiary/aromatic N) is 4. The Labute approximate surface area is 265 Å². The van der Waals surface area contributed by atoms with Gasteiger partial charge >= 0.3 is 6.01 Å². The Balaban J connectivity index is 1.49. The van der Waals surface area contributed by atoms with Gasteiger partial charge < -0.3 is 29.0 Å². The summed E-state index contributed by atoms with van der Waals surface area (Å²) >= 11 is 0. The number of carbonyl (C=O) groups excluding carboxylic acids is 1. The second kappa shape index (κ2) is 11.7.